The first-order valence-corrected chi connectivity index (χ1v) is 10.3. The Kier molecular flexibility index (Phi) is 6.22. The normalized spacial score (nSPS) is 12.7. The lowest BCUT2D eigenvalue weighted by Gasteiger charge is -2.17. The average molecular weight is 443 g/mol. The van der Waals surface area contributed by atoms with Gasteiger partial charge in [0.05, 0.1) is 7.11 Å². The summed E-state index contributed by atoms with van der Waals surface area (Å²) in [5, 5.41) is 21.0. The zero-order valence-corrected chi connectivity index (χ0v) is 17.8. The highest BCUT2D eigenvalue weighted by Gasteiger charge is 2.30. The van der Waals surface area contributed by atoms with Crippen LogP contribution in [0.15, 0.2) is 60.8 Å². The standard InChI is InChI=1S/C25H21N3O5/c1-32-23-11-15(13-27-22(23)12-26)10-21(24(29)30)28-25(31)33-14-20-18-8-4-2-6-16(18)17-7-3-5-9-19(17)20/h2-9,11,13,20-21H,10,14H2,1H3,(H,28,31)(H,29,30)/t21-/m0/s1. The minimum atomic E-state index is -1.24. The number of nitriles is 1. The van der Waals surface area contributed by atoms with E-state index >= 15 is 0 Å². The van der Waals surface area contributed by atoms with Crippen molar-refractivity contribution < 1.29 is 24.2 Å². The van der Waals surface area contributed by atoms with Crippen molar-refractivity contribution in [3.05, 3.63) is 83.2 Å². The van der Waals surface area contributed by atoms with E-state index in [2.05, 4.69) is 10.3 Å². The highest BCUT2D eigenvalue weighted by Crippen LogP contribution is 2.44. The van der Waals surface area contributed by atoms with Crippen LogP contribution >= 0.6 is 0 Å². The lowest BCUT2D eigenvalue weighted by atomic mass is 9.98. The molecule has 33 heavy (non-hydrogen) atoms. The van der Waals surface area contributed by atoms with Gasteiger partial charge in [0, 0.05) is 18.5 Å². The number of fused-ring (bicyclic) bond motifs is 3. The van der Waals surface area contributed by atoms with Crippen LogP contribution < -0.4 is 10.1 Å². The molecule has 1 atom stereocenters. The van der Waals surface area contributed by atoms with E-state index in [1.54, 1.807) is 0 Å². The summed E-state index contributed by atoms with van der Waals surface area (Å²) in [5.41, 5.74) is 4.93. The highest BCUT2D eigenvalue weighted by atomic mass is 16.5. The van der Waals surface area contributed by atoms with E-state index in [1.165, 1.54) is 19.4 Å². The molecule has 1 aliphatic rings. The SMILES string of the molecule is COc1cc(C[C@H](NC(=O)OCC2c3ccccc3-c3ccccc32)C(=O)O)cnc1C#N. The molecule has 0 radical (unpaired) electrons. The fraction of sp³-hybridized carbons (Fsp3) is 0.200. The topological polar surface area (TPSA) is 122 Å². The Labute approximate surface area is 190 Å². The fourth-order valence-corrected chi connectivity index (χ4v) is 4.05. The number of methoxy groups -OCH3 is 1. The van der Waals surface area contributed by atoms with Crippen LogP contribution in [0.4, 0.5) is 4.79 Å². The number of amides is 1. The molecule has 4 rings (SSSR count). The summed E-state index contributed by atoms with van der Waals surface area (Å²) in [7, 11) is 1.39. The fourth-order valence-electron chi connectivity index (χ4n) is 4.05. The summed E-state index contributed by atoms with van der Waals surface area (Å²) in [6.45, 7) is 0.0818. The van der Waals surface area contributed by atoms with Crippen LogP contribution in [-0.2, 0) is 16.0 Å². The van der Waals surface area contributed by atoms with Crippen molar-refractivity contribution in [2.45, 2.75) is 18.4 Å². The first-order chi connectivity index (χ1) is 16.0. The Balaban J connectivity index is 1.43. The van der Waals surface area contributed by atoms with Gasteiger partial charge in [0.15, 0.2) is 11.4 Å². The van der Waals surface area contributed by atoms with E-state index in [0.29, 0.717) is 5.56 Å². The third-order valence-electron chi connectivity index (χ3n) is 5.61. The van der Waals surface area contributed by atoms with Crippen LogP contribution in [-0.4, -0.2) is 41.9 Å². The number of hydrogen-bond donors (Lipinski definition) is 2. The number of carboxylic acid groups (broad SMARTS) is 1. The molecule has 0 aliphatic heterocycles. The lowest BCUT2D eigenvalue weighted by molar-refractivity contribution is -0.139. The Morgan fingerprint density at radius 3 is 2.36 bits per heavy atom. The number of carbonyl (C=O) groups excluding carboxylic acids is 1. The maximum absolute atomic E-state index is 12.5. The molecule has 1 aromatic heterocycles. The lowest BCUT2D eigenvalue weighted by Crippen LogP contribution is -2.43. The average Bonchev–Trinajstić information content (AvgIpc) is 3.16. The van der Waals surface area contributed by atoms with Gasteiger partial charge in [-0.25, -0.2) is 14.6 Å². The molecular formula is C25H21N3O5. The Morgan fingerprint density at radius 2 is 1.79 bits per heavy atom. The molecule has 0 fully saturated rings. The monoisotopic (exact) mass is 443 g/mol. The van der Waals surface area contributed by atoms with E-state index in [4.69, 9.17) is 14.7 Å². The summed E-state index contributed by atoms with van der Waals surface area (Å²) >= 11 is 0. The van der Waals surface area contributed by atoms with Gasteiger partial charge in [-0.15, -0.1) is 0 Å². The molecule has 0 saturated carbocycles. The molecule has 8 heteroatoms. The predicted molar refractivity (Wildman–Crippen MR) is 119 cm³/mol. The number of carbonyl (C=O) groups is 2. The second-order valence-electron chi connectivity index (χ2n) is 7.57. The molecule has 0 bridgehead atoms. The number of rotatable bonds is 7. The van der Waals surface area contributed by atoms with Crippen molar-refractivity contribution in [3.8, 4) is 22.9 Å². The van der Waals surface area contributed by atoms with Crippen molar-refractivity contribution in [1.82, 2.24) is 10.3 Å². The summed E-state index contributed by atoms with van der Waals surface area (Å²) in [6, 6.07) is 18.1. The molecule has 2 aromatic carbocycles. The molecule has 1 heterocycles. The minimum absolute atomic E-state index is 0.0470. The maximum Gasteiger partial charge on any atom is 0.407 e. The number of nitrogens with zero attached hydrogens (tertiary/aromatic N) is 2. The second kappa shape index (κ2) is 9.40. The van der Waals surface area contributed by atoms with Crippen molar-refractivity contribution in [2.24, 2.45) is 0 Å². The number of aromatic nitrogens is 1. The predicted octanol–water partition coefficient (Wildman–Crippen LogP) is 3.50. The molecular weight excluding hydrogens is 422 g/mol. The summed E-state index contributed by atoms with van der Waals surface area (Å²) < 4.78 is 10.6. The molecule has 2 N–H and O–H groups in total. The van der Waals surface area contributed by atoms with Gasteiger partial charge >= 0.3 is 12.1 Å². The third kappa shape index (κ3) is 4.48. The minimum Gasteiger partial charge on any atom is -0.494 e. The molecule has 0 spiro atoms. The number of benzene rings is 2. The van der Waals surface area contributed by atoms with Crippen LogP contribution in [0, 0.1) is 11.3 Å². The van der Waals surface area contributed by atoms with Crippen molar-refractivity contribution >= 4 is 12.1 Å². The molecule has 1 aliphatic carbocycles. The Bertz CT molecular complexity index is 1210. The van der Waals surface area contributed by atoms with E-state index in [-0.39, 0.29) is 30.4 Å². The number of hydrogen-bond acceptors (Lipinski definition) is 6. The first-order valence-electron chi connectivity index (χ1n) is 10.3. The van der Waals surface area contributed by atoms with Crippen LogP contribution in [0.3, 0.4) is 0 Å². The van der Waals surface area contributed by atoms with Gasteiger partial charge < -0.3 is 19.9 Å². The largest absolute Gasteiger partial charge is 0.494 e. The molecule has 0 saturated heterocycles. The zero-order chi connectivity index (χ0) is 23.4. The molecule has 1 amide bonds. The van der Waals surface area contributed by atoms with Gasteiger partial charge in [-0.1, -0.05) is 48.5 Å². The Hall–Kier alpha value is -4.38. The van der Waals surface area contributed by atoms with Crippen molar-refractivity contribution in [1.29, 1.82) is 5.26 Å². The Morgan fingerprint density at radius 1 is 1.15 bits per heavy atom. The van der Waals surface area contributed by atoms with Gasteiger partial charge in [-0.05, 0) is 33.9 Å². The smallest absolute Gasteiger partial charge is 0.407 e. The van der Waals surface area contributed by atoms with E-state index in [0.717, 1.165) is 22.3 Å². The number of carboxylic acids is 1. The van der Waals surface area contributed by atoms with Gasteiger partial charge in [0.1, 0.15) is 18.7 Å². The first kappa shape index (κ1) is 21.8. The highest BCUT2D eigenvalue weighted by molar-refractivity contribution is 5.81. The van der Waals surface area contributed by atoms with Gasteiger partial charge in [-0.3, -0.25) is 0 Å². The molecule has 3 aromatic rings. The third-order valence-corrected chi connectivity index (χ3v) is 5.61. The number of pyridine rings is 1. The van der Waals surface area contributed by atoms with Crippen LogP contribution in [0.1, 0.15) is 28.3 Å². The number of alkyl carbamates (subject to hydrolysis) is 1. The summed E-state index contributed by atoms with van der Waals surface area (Å²) in [6.07, 6.45) is 0.517. The van der Waals surface area contributed by atoms with Gasteiger partial charge in [-0.2, -0.15) is 5.26 Å². The molecule has 8 nitrogen and oxygen atoms in total. The van der Waals surface area contributed by atoms with E-state index in [1.807, 2.05) is 54.6 Å². The zero-order valence-electron chi connectivity index (χ0n) is 17.8. The number of aliphatic carboxylic acids is 1. The van der Waals surface area contributed by atoms with Crippen molar-refractivity contribution in [2.75, 3.05) is 13.7 Å². The van der Waals surface area contributed by atoms with Crippen LogP contribution in [0.25, 0.3) is 11.1 Å². The van der Waals surface area contributed by atoms with Gasteiger partial charge in [0.2, 0.25) is 0 Å². The number of ether oxygens (including phenoxy) is 2. The second-order valence-corrected chi connectivity index (χ2v) is 7.57. The summed E-state index contributed by atoms with van der Waals surface area (Å²) in [4.78, 5) is 28.2. The maximum atomic E-state index is 12.5. The molecule has 0 unspecified atom stereocenters. The van der Waals surface area contributed by atoms with Crippen LogP contribution in [0.2, 0.25) is 0 Å². The summed E-state index contributed by atoms with van der Waals surface area (Å²) in [5.74, 6) is -1.11. The number of nitrogens with one attached hydrogen (secondary N) is 1. The van der Waals surface area contributed by atoms with E-state index in [9.17, 15) is 14.7 Å². The van der Waals surface area contributed by atoms with Crippen molar-refractivity contribution in [3.63, 3.8) is 0 Å². The van der Waals surface area contributed by atoms with Gasteiger partial charge in [0.25, 0.3) is 0 Å². The van der Waals surface area contributed by atoms with E-state index < -0.39 is 18.1 Å². The quantitative estimate of drug-likeness (QED) is 0.573. The molecule has 166 valence electrons. The van der Waals surface area contributed by atoms with Crippen LogP contribution in [0.5, 0.6) is 5.75 Å².